The molecule has 7 nitrogen and oxygen atoms in total. The minimum absolute atomic E-state index is 0.0887. The van der Waals surface area contributed by atoms with E-state index in [0.717, 1.165) is 16.0 Å². The fourth-order valence-electron chi connectivity index (χ4n) is 5.13. The molecule has 3 aliphatic rings. The van der Waals surface area contributed by atoms with Crippen LogP contribution in [0.3, 0.4) is 0 Å². The number of fused-ring (bicyclic) bond motifs is 4. The van der Waals surface area contributed by atoms with Gasteiger partial charge in [-0.05, 0) is 29.7 Å². The lowest BCUT2D eigenvalue weighted by atomic mass is 9.92. The Morgan fingerprint density at radius 1 is 1.12 bits per heavy atom. The van der Waals surface area contributed by atoms with Crippen LogP contribution in [0.1, 0.15) is 38.8 Å². The number of aromatic nitrogens is 1. The van der Waals surface area contributed by atoms with E-state index in [9.17, 15) is 14.7 Å². The number of hydrogen-bond donors (Lipinski definition) is 1. The number of amides is 1. The van der Waals surface area contributed by atoms with Gasteiger partial charge in [-0.15, -0.1) is 11.8 Å². The van der Waals surface area contributed by atoms with Gasteiger partial charge < -0.3 is 14.7 Å². The average Bonchev–Trinajstić information content (AvgIpc) is 3.01. The quantitative estimate of drug-likeness (QED) is 0.578. The number of carbonyl (C=O) groups is 1. The highest BCUT2D eigenvalue weighted by Gasteiger charge is 2.46. The molecule has 174 valence electrons. The second kappa shape index (κ2) is 7.89. The largest absolute Gasteiger partial charge is 0.502 e. The van der Waals surface area contributed by atoms with E-state index >= 15 is 4.39 Å². The summed E-state index contributed by atoms with van der Waals surface area (Å²) in [5, 5.41) is 12.6. The molecule has 0 saturated carbocycles. The summed E-state index contributed by atoms with van der Waals surface area (Å²) >= 11 is 1.57. The summed E-state index contributed by atoms with van der Waals surface area (Å²) in [5.74, 6) is -0.785. The van der Waals surface area contributed by atoms with E-state index in [4.69, 9.17) is 4.74 Å². The number of rotatable bonds is 1. The number of aromatic hydroxyl groups is 1. The fraction of sp³-hybridized carbons (Fsp3) is 0.280. The zero-order valence-corrected chi connectivity index (χ0v) is 19.2. The molecular formula is C25H22FN3O4S. The number of halogens is 1. The smallest absolute Gasteiger partial charge is 0.278 e. The van der Waals surface area contributed by atoms with Crippen molar-refractivity contribution in [3.8, 4) is 5.75 Å². The summed E-state index contributed by atoms with van der Waals surface area (Å²) < 4.78 is 22.8. The molecule has 1 fully saturated rings. The van der Waals surface area contributed by atoms with Crippen LogP contribution in [0.4, 0.5) is 4.39 Å². The zero-order valence-electron chi connectivity index (χ0n) is 18.4. The van der Waals surface area contributed by atoms with E-state index in [1.54, 1.807) is 34.3 Å². The third-order valence-corrected chi connectivity index (χ3v) is 7.91. The van der Waals surface area contributed by atoms with Crippen molar-refractivity contribution in [2.75, 3.05) is 24.8 Å². The molecule has 2 aromatic carbocycles. The molecule has 0 aliphatic carbocycles. The normalized spacial score (nSPS) is 21.3. The monoisotopic (exact) mass is 479 g/mol. The number of benzene rings is 2. The van der Waals surface area contributed by atoms with Crippen LogP contribution in [0, 0.1) is 12.7 Å². The Balaban J connectivity index is 1.67. The van der Waals surface area contributed by atoms with Gasteiger partial charge in [0.2, 0.25) is 5.43 Å². The van der Waals surface area contributed by atoms with Crippen molar-refractivity contribution in [2.45, 2.75) is 29.8 Å². The third-order valence-electron chi connectivity index (χ3n) is 6.79. The highest BCUT2D eigenvalue weighted by Crippen LogP contribution is 2.45. The highest BCUT2D eigenvalue weighted by atomic mass is 32.2. The average molecular weight is 480 g/mol. The number of pyridine rings is 1. The number of ether oxygens (including phenoxy) is 1. The van der Waals surface area contributed by atoms with Crippen molar-refractivity contribution in [3.05, 3.63) is 92.6 Å². The van der Waals surface area contributed by atoms with Gasteiger partial charge in [0.25, 0.3) is 5.91 Å². The van der Waals surface area contributed by atoms with E-state index in [1.165, 1.54) is 12.3 Å². The number of morpholine rings is 1. The van der Waals surface area contributed by atoms with Crippen LogP contribution in [-0.4, -0.2) is 46.5 Å². The molecule has 3 aromatic rings. The molecule has 3 aliphatic heterocycles. The van der Waals surface area contributed by atoms with Gasteiger partial charge in [-0.3, -0.25) is 19.3 Å². The third kappa shape index (κ3) is 3.00. The Morgan fingerprint density at radius 3 is 2.79 bits per heavy atom. The minimum Gasteiger partial charge on any atom is -0.502 e. The summed E-state index contributed by atoms with van der Waals surface area (Å²) in [7, 11) is 0. The highest BCUT2D eigenvalue weighted by molar-refractivity contribution is 7.98. The maximum atomic E-state index is 15.4. The zero-order chi connectivity index (χ0) is 23.6. The van der Waals surface area contributed by atoms with Gasteiger partial charge in [-0.2, -0.15) is 0 Å². The van der Waals surface area contributed by atoms with Crippen LogP contribution in [0.2, 0.25) is 0 Å². The molecule has 1 N–H and O–H groups in total. The predicted molar refractivity (Wildman–Crippen MR) is 125 cm³/mol. The first-order valence-electron chi connectivity index (χ1n) is 11.1. The maximum absolute atomic E-state index is 15.4. The first-order chi connectivity index (χ1) is 16.5. The first kappa shape index (κ1) is 21.2. The topological polar surface area (TPSA) is 75.0 Å². The van der Waals surface area contributed by atoms with Crippen molar-refractivity contribution < 1.29 is 19.0 Å². The minimum atomic E-state index is -0.620. The van der Waals surface area contributed by atoms with Crippen molar-refractivity contribution >= 4 is 17.7 Å². The lowest BCUT2D eigenvalue weighted by Gasteiger charge is -2.51. The maximum Gasteiger partial charge on any atom is 0.278 e. The molecule has 34 heavy (non-hydrogen) atoms. The number of hydrogen-bond acceptors (Lipinski definition) is 6. The van der Waals surface area contributed by atoms with Crippen LogP contribution in [-0.2, 0) is 10.5 Å². The van der Waals surface area contributed by atoms with E-state index in [0.29, 0.717) is 30.0 Å². The predicted octanol–water partition coefficient (Wildman–Crippen LogP) is 3.15. The van der Waals surface area contributed by atoms with Crippen molar-refractivity contribution in [1.29, 1.82) is 0 Å². The lowest BCUT2D eigenvalue weighted by Crippen LogP contribution is -2.66. The van der Waals surface area contributed by atoms with E-state index in [1.807, 2.05) is 35.3 Å². The van der Waals surface area contributed by atoms with Crippen LogP contribution in [0.5, 0.6) is 5.75 Å². The number of thioether (sulfide) groups is 1. The molecule has 1 aromatic heterocycles. The van der Waals surface area contributed by atoms with Gasteiger partial charge in [0.15, 0.2) is 11.4 Å². The first-order valence-corrected chi connectivity index (χ1v) is 12.1. The van der Waals surface area contributed by atoms with Crippen LogP contribution >= 0.6 is 11.8 Å². The summed E-state index contributed by atoms with van der Waals surface area (Å²) in [6.07, 6.45) is 1.00. The number of aryl methyl sites for hydroxylation is 1. The Hall–Kier alpha value is -3.30. The van der Waals surface area contributed by atoms with Gasteiger partial charge in [0, 0.05) is 35.0 Å². The molecule has 4 heterocycles. The SMILES string of the molecule is Cc1ccc2c(c1F)CSc1ccccc1[C@H]2N1[C@@H]2COCCN2C(=O)c2c(O)c(=O)ccn21. The summed E-state index contributed by atoms with van der Waals surface area (Å²) in [5.41, 5.74) is 2.21. The van der Waals surface area contributed by atoms with E-state index in [2.05, 4.69) is 0 Å². The van der Waals surface area contributed by atoms with Gasteiger partial charge >= 0.3 is 0 Å². The Labute approximate surface area is 199 Å². The molecule has 0 radical (unpaired) electrons. The number of carbonyl (C=O) groups excluding carboxylic acids is 1. The summed E-state index contributed by atoms with van der Waals surface area (Å²) in [4.78, 5) is 28.3. The van der Waals surface area contributed by atoms with Crippen molar-refractivity contribution in [1.82, 2.24) is 9.58 Å². The molecule has 0 bridgehead atoms. The fourth-order valence-corrected chi connectivity index (χ4v) is 6.24. The second-order valence-corrected chi connectivity index (χ2v) is 9.67. The molecule has 6 rings (SSSR count). The summed E-state index contributed by atoms with van der Waals surface area (Å²) in [6, 6.07) is 12.4. The van der Waals surface area contributed by atoms with Gasteiger partial charge in [0.05, 0.1) is 19.3 Å². The van der Waals surface area contributed by atoms with Crippen LogP contribution in [0.15, 0.2) is 58.4 Å². The van der Waals surface area contributed by atoms with Gasteiger partial charge in [0.1, 0.15) is 12.0 Å². The molecular weight excluding hydrogens is 457 g/mol. The molecule has 2 atom stereocenters. The van der Waals surface area contributed by atoms with Crippen LogP contribution < -0.4 is 10.4 Å². The molecule has 1 amide bonds. The lowest BCUT2D eigenvalue weighted by molar-refractivity contribution is -0.0197. The molecule has 0 unspecified atom stereocenters. The molecule has 1 saturated heterocycles. The van der Waals surface area contributed by atoms with Crippen molar-refractivity contribution in [2.24, 2.45) is 0 Å². The van der Waals surface area contributed by atoms with Gasteiger partial charge in [-0.1, -0.05) is 30.3 Å². The second-order valence-electron chi connectivity index (χ2n) is 8.65. The molecule has 0 spiro atoms. The standard InChI is InChI=1S/C25H22FN3O4S/c1-14-6-7-15-17(21(14)26)13-34-19-5-3-2-4-16(19)22(15)29-20-12-33-11-10-27(20)25(32)23-24(31)18(30)8-9-28(23)29/h2-9,20,22,31H,10-13H2,1H3/t20-,22+/m1/s1. The summed E-state index contributed by atoms with van der Waals surface area (Å²) in [6.45, 7) is 2.67. The molecule has 9 heteroatoms. The van der Waals surface area contributed by atoms with Gasteiger partial charge in [-0.25, -0.2) is 4.39 Å². The van der Waals surface area contributed by atoms with Crippen molar-refractivity contribution in [3.63, 3.8) is 0 Å². The Bertz CT molecular complexity index is 1390. The van der Waals surface area contributed by atoms with E-state index < -0.39 is 29.3 Å². The number of nitrogens with zero attached hydrogens (tertiary/aromatic N) is 3. The Kier molecular flexibility index (Phi) is 4.93. The van der Waals surface area contributed by atoms with E-state index in [-0.39, 0.29) is 18.1 Å². The van der Waals surface area contributed by atoms with Crippen LogP contribution in [0.25, 0.3) is 0 Å². The Morgan fingerprint density at radius 2 is 1.94 bits per heavy atom.